The molecule has 1 atom stereocenters. The van der Waals surface area contributed by atoms with Gasteiger partial charge in [0.1, 0.15) is 11.0 Å². The van der Waals surface area contributed by atoms with Crippen molar-refractivity contribution >= 4 is 17.4 Å². The van der Waals surface area contributed by atoms with Crippen molar-refractivity contribution in [2.24, 2.45) is 0 Å². The molecule has 116 valence electrons. The molecule has 0 bridgehead atoms. The number of piperidine rings is 1. The molecule has 1 aliphatic rings. The molecule has 1 unspecified atom stereocenters. The van der Waals surface area contributed by atoms with Gasteiger partial charge >= 0.3 is 6.01 Å². The minimum absolute atomic E-state index is 0.0826. The van der Waals surface area contributed by atoms with E-state index in [1.165, 1.54) is 0 Å². The summed E-state index contributed by atoms with van der Waals surface area (Å²) < 4.78 is 22.2. The molecular formula is C13H14FN5O2S. The Kier molecular flexibility index (Phi) is 4.23. The molecule has 3 heterocycles. The zero-order valence-electron chi connectivity index (χ0n) is 11.9. The molecule has 1 saturated heterocycles. The topological polar surface area (TPSA) is 81.1 Å². The molecule has 1 aliphatic heterocycles. The molecule has 2 aromatic rings. The summed E-state index contributed by atoms with van der Waals surface area (Å²) >= 11 is 1.10. The fraction of sp³-hybridized carbons (Fsp3) is 0.462. The summed E-state index contributed by atoms with van der Waals surface area (Å²) in [7, 11) is 0. The Morgan fingerprint density at radius 1 is 1.45 bits per heavy atom. The molecular weight excluding hydrogens is 309 g/mol. The van der Waals surface area contributed by atoms with Crippen LogP contribution in [0.1, 0.15) is 28.2 Å². The van der Waals surface area contributed by atoms with Gasteiger partial charge in [0.25, 0.3) is 5.91 Å². The summed E-state index contributed by atoms with van der Waals surface area (Å²) in [5.41, 5.74) is 0.639. The second-order valence-electron chi connectivity index (χ2n) is 5.00. The summed E-state index contributed by atoms with van der Waals surface area (Å²) in [4.78, 5) is 22.3. The molecule has 22 heavy (non-hydrogen) atoms. The van der Waals surface area contributed by atoms with E-state index >= 15 is 0 Å². The third-order valence-electron chi connectivity index (χ3n) is 3.38. The molecule has 1 amide bonds. The zero-order chi connectivity index (χ0) is 15.5. The quantitative estimate of drug-likeness (QED) is 0.850. The summed E-state index contributed by atoms with van der Waals surface area (Å²) in [6.45, 7) is 2.87. The predicted octanol–water partition coefficient (Wildman–Crippen LogP) is 1.46. The average molecular weight is 323 g/mol. The molecule has 7 nitrogen and oxygen atoms in total. The lowest BCUT2D eigenvalue weighted by atomic mass is 10.1. The van der Waals surface area contributed by atoms with Crippen molar-refractivity contribution in [1.82, 2.24) is 24.5 Å². The van der Waals surface area contributed by atoms with E-state index < -0.39 is 5.82 Å². The Morgan fingerprint density at radius 3 is 2.91 bits per heavy atom. The number of hydrogen-bond donors (Lipinski definition) is 0. The number of aryl methyl sites for hydroxylation is 1. The highest BCUT2D eigenvalue weighted by Crippen LogP contribution is 2.19. The predicted molar refractivity (Wildman–Crippen MR) is 76.2 cm³/mol. The monoisotopic (exact) mass is 323 g/mol. The number of aromatic nitrogens is 4. The highest BCUT2D eigenvalue weighted by atomic mass is 32.1. The molecule has 0 N–H and O–H groups in total. The first-order chi connectivity index (χ1) is 10.6. The minimum atomic E-state index is -0.513. The van der Waals surface area contributed by atoms with Crippen LogP contribution in [-0.2, 0) is 0 Å². The Balaban J connectivity index is 1.65. The lowest BCUT2D eigenvalue weighted by Crippen LogP contribution is -2.44. The Bertz CT molecular complexity index is 663. The highest BCUT2D eigenvalue weighted by Gasteiger charge is 2.28. The summed E-state index contributed by atoms with van der Waals surface area (Å²) in [5, 5.41) is 3.86. The Labute approximate surface area is 130 Å². The van der Waals surface area contributed by atoms with Gasteiger partial charge in [0.05, 0.1) is 24.6 Å². The van der Waals surface area contributed by atoms with Crippen LogP contribution in [0.15, 0.2) is 12.4 Å². The highest BCUT2D eigenvalue weighted by molar-refractivity contribution is 7.07. The van der Waals surface area contributed by atoms with Crippen molar-refractivity contribution in [1.29, 1.82) is 0 Å². The fourth-order valence-electron chi connectivity index (χ4n) is 2.30. The van der Waals surface area contributed by atoms with Crippen molar-refractivity contribution in [2.45, 2.75) is 25.9 Å². The van der Waals surface area contributed by atoms with Crippen molar-refractivity contribution in [3.05, 3.63) is 28.8 Å². The van der Waals surface area contributed by atoms with Crippen molar-refractivity contribution in [3.8, 4) is 6.01 Å². The molecule has 0 radical (unpaired) electrons. The molecule has 0 saturated carbocycles. The average Bonchev–Trinajstić information content (AvgIpc) is 2.95. The molecule has 0 spiro atoms. The maximum absolute atomic E-state index is 12.8. The second-order valence-corrected chi connectivity index (χ2v) is 5.76. The van der Waals surface area contributed by atoms with E-state index in [1.807, 2.05) is 0 Å². The normalized spacial score (nSPS) is 18.3. The van der Waals surface area contributed by atoms with Gasteiger partial charge in [0.15, 0.2) is 5.82 Å². The third kappa shape index (κ3) is 3.19. The number of amides is 1. The maximum atomic E-state index is 12.8. The molecule has 9 heteroatoms. The van der Waals surface area contributed by atoms with E-state index in [9.17, 15) is 9.18 Å². The van der Waals surface area contributed by atoms with E-state index in [2.05, 4.69) is 19.6 Å². The van der Waals surface area contributed by atoms with Crippen LogP contribution in [0, 0.1) is 12.7 Å². The number of likely N-dealkylation sites (tertiary alicyclic amines) is 1. The first kappa shape index (κ1) is 14.8. The van der Waals surface area contributed by atoms with Crippen molar-refractivity contribution in [3.63, 3.8) is 0 Å². The van der Waals surface area contributed by atoms with E-state index in [0.717, 1.165) is 36.8 Å². The van der Waals surface area contributed by atoms with E-state index in [4.69, 9.17) is 4.74 Å². The van der Waals surface area contributed by atoms with Crippen LogP contribution in [0.5, 0.6) is 6.01 Å². The largest absolute Gasteiger partial charge is 0.458 e. The van der Waals surface area contributed by atoms with Crippen molar-refractivity contribution < 1.29 is 13.9 Å². The Morgan fingerprint density at radius 2 is 2.23 bits per heavy atom. The van der Waals surface area contributed by atoms with E-state index in [0.29, 0.717) is 23.7 Å². The van der Waals surface area contributed by atoms with Gasteiger partial charge in [-0.05, 0) is 31.3 Å². The number of halogens is 1. The number of nitrogens with zero attached hydrogens (tertiary/aromatic N) is 5. The SMILES string of the molecule is Cc1nnsc1C(=O)N1CCCC(Oc2ncc(F)cn2)C1. The van der Waals surface area contributed by atoms with E-state index in [-0.39, 0.29) is 18.0 Å². The number of carbonyl (C=O) groups is 1. The number of rotatable bonds is 3. The fourth-order valence-corrected chi connectivity index (χ4v) is 2.93. The minimum Gasteiger partial charge on any atom is -0.458 e. The lowest BCUT2D eigenvalue weighted by Gasteiger charge is -2.32. The summed E-state index contributed by atoms with van der Waals surface area (Å²) in [6, 6.07) is 0.122. The molecule has 2 aromatic heterocycles. The third-order valence-corrected chi connectivity index (χ3v) is 4.20. The Hall–Kier alpha value is -2.16. The first-order valence-electron chi connectivity index (χ1n) is 6.86. The van der Waals surface area contributed by atoms with Crippen molar-refractivity contribution in [2.75, 3.05) is 13.1 Å². The standard InChI is InChI=1S/C13H14FN5O2S/c1-8-11(22-18-17-8)12(20)19-4-2-3-10(7-19)21-13-15-5-9(14)6-16-13/h5-6,10H,2-4,7H2,1H3. The van der Waals surface area contributed by atoms with Crippen LogP contribution in [-0.4, -0.2) is 49.6 Å². The van der Waals surface area contributed by atoms with Gasteiger partial charge in [0.2, 0.25) is 0 Å². The first-order valence-corrected chi connectivity index (χ1v) is 7.63. The van der Waals surface area contributed by atoms with Gasteiger partial charge in [-0.2, -0.15) is 0 Å². The molecule has 1 fully saturated rings. The van der Waals surface area contributed by atoms with E-state index in [1.54, 1.807) is 11.8 Å². The lowest BCUT2D eigenvalue weighted by molar-refractivity contribution is 0.0518. The smallest absolute Gasteiger partial charge is 0.316 e. The van der Waals surface area contributed by atoms with Crippen LogP contribution in [0.25, 0.3) is 0 Å². The maximum Gasteiger partial charge on any atom is 0.316 e. The zero-order valence-corrected chi connectivity index (χ0v) is 12.7. The van der Waals surface area contributed by atoms with Crippen LogP contribution < -0.4 is 4.74 Å². The summed E-state index contributed by atoms with van der Waals surface area (Å²) in [6.07, 6.45) is 3.53. The van der Waals surface area contributed by atoms with Gasteiger partial charge < -0.3 is 9.64 Å². The van der Waals surface area contributed by atoms with Gasteiger partial charge in [-0.3, -0.25) is 4.79 Å². The van der Waals surface area contributed by atoms with Crippen LogP contribution in [0.2, 0.25) is 0 Å². The van der Waals surface area contributed by atoms with Gasteiger partial charge in [-0.1, -0.05) is 4.49 Å². The second kappa shape index (κ2) is 6.30. The van der Waals surface area contributed by atoms with Gasteiger partial charge in [-0.25, -0.2) is 14.4 Å². The number of carbonyl (C=O) groups excluding carboxylic acids is 1. The van der Waals surface area contributed by atoms with Crippen LogP contribution in [0.3, 0.4) is 0 Å². The number of hydrogen-bond acceptors (Lipinski definition) is 7. The van der Waals surface area contributed by atoms with Gasteiger partial charge in [-0.15, -0.1) is 5.10 Å². The molecule has 0 aromatic carbocycles. The van der Waals surface area contributed by atoms with Crippen LogP contribution >= 0.6 is 11.5 Å². The summed E-state index contributed by atoms with van der Waals surface area (Å²) in [5.74, 6) is -0.596. The van der Waals surface area contributed by atoms with Crippen LogP contribution in [0.4, 0.5) is 4.39 Å². The molecule has 3 rings (SSSR count). The number of ether oxygens (including phenoxy) is 1. The molecule has 0 aliphatic carbocycles. The van der Waals surface area contributed by atoms with Gasteiger partial charge in [0, 0.05) is 6.54 Å².